The number of nitrogens with zero attached hydrogens (tertiary/aromatic N) is 1. The van der Waals surface area contributed by atoms with Gasteiger partial charge in [0.05, 0.1) is 20.8 Å². The fraction of sp³-hybridized carbons (Fsp3) is 0.545. The Kier molecular flexibility index (Phi) is 4.52. The predicted octanol–water partition coefficient (Wildman–Crippen LogP) is 2.43. The minimum Gasteiger partial charge on any atom is -0.383 e. The van der Waals surface area contributed by atoms with Crippen LogP contribution in [0.25, 0.3) is 0 Å². The molecule has 6 heteroatoms. The van der Waals surface area contributed by atoms with Crippen molar-refractivity contribution >= 4 is 28.4 Å². The summed E-state index contributed by atoms with van der Waals surface area (Å²) in [5, 5.41) is 0.518. The minimum absolute atomic E-state index is 0.166. The van der Waals surface area contributed by atoms with Crippen LogP contribution >= 0.6 is 11.6 Å². The predicted molar refractivity (Wildman–Crippen MR) is 73.1 cm³/mol. The van der Waals surface area contributed by atoms with Crippen molar-refractivity contribution in [3.05, 3.63) is 22.8 Å². The lowest BCUT2D eigenvalue weighted by Gasteiger charge is -2.22. The lowest BCUT2D eigenvalue weighted by Crippen LogP contribution is -2.35. The second-order valence-corrected chi connectivity index (χ2v) is 7.28. The first-order valence-electron chi connectivity index (χ1n) is 5.31. The summed E-state index contributed by atoms with van der Waals surface area (Å²) in [6.07, 6.45) is 1.49. The van der Waals surface area contributed by atoms with E-state index in [-0.39, 0.29) is 10.8 Å². The number of hydrogen-bond acceptors (Lipinski definition) is 3. The zero-order valence-electron chi connectivity index (χ0n) is 10.5. The number of hydrogen-bond donors (Lipinski definition) is 2. The van der Waals surface area contributed by atoms with Gasteiger partial charge in [-0.25, -0.2) is 13.9 Å². The number of aromatic nitrogens is 1. The third-order valence-corrected chi connectivity index (χ3v) is 4.11. The van der Waals surface area contributed by atoms with Gasteiger partial charge in [-0.2, -0.15) is 0 Å². The van der Waals surface area contributed by atoms with Crippen LogP contribution in [-0.2, 0) is 11.0 Å². The third-order valence-electron chi connectivity index (χ3n) is 2.22. The van der Waals surface area contributed by atoms with Crippen molar-refractivity contribution in [3.63, 3.8) is 0 Å². The SMILES string of the molecule is C[C@@H](N[S@](=O)C(C)(C)C)c1cc(Cl)cnc1N. The Labute approximate surface area is 110 Å². The van der Waals surface area contributed by atoms with Crippen LogP contribution < -0.4 is 10.5 Å². The zero-order chi connectivity index (χ0) is 13.2. The molecule has 0 fully saturated rings. The maximum Gasteiger partial charge on any atom is 0.128 e. The van der Waals surface area contributed by atoms with E-state index >= 15 is 0 Å². The van der Waals surface area contributed by atoms with Gasteiger partial charge in [-0.1, -0.05) is 11.6 Å². The molecular weight excluding hydrogens is 258 g/mol. The van der Waals surface area contributed by atoms with E-state index in [4.69, 9.17) is 17.3 Å². The molecule has 2 atom stereocenters. The Bertz CT molecular complexity index is 431. The van der Waals surface area contributed by atoms with Gasteiger partial charge in [-0.3, -0.25) is 0 Å². The summed E-state index contributed by atoms with van der Waals surface area (Å²) in [5.41, 5.74) is 6.53. The highest BCUT2D eigenvalue weighted by atomic mass is 35.5. The molecule has 0 saturated carbocycles. The molecule has 17 heavy (non-hydrogen) atoms. The summed E-state index contributed by atoms with van der Waals surface area (Å²) in [5.74, 6) is 0.403. The van der Waals surface area contributed by atoms with Crippen molar-refractivity contribution in [1.29, 1.82) is 0 Å². The molecule has 0 unspecified atom stereocenters. The molecule has 3 N–H and O–H groups in total. The Hall–Kier alpha value is -0.650. The number of nitrogens with one attached hydrogen (secondary N) is 1. The van der Waals surface area contributed by atoms with Gasteiger partial charge in [0.15, 0.2) is 0 Å². The first-order valence-corrected chi connectivity index (χ1v) is 6.83. The average Bonchev–Trinajstić information content (AvgIpc) is 2.20. The molecule has 0 spiro atoms. The van der Waals surface area contributed by atoms with E-state index in [9.17, 15) is 4.21 Å². The van der Waals surface area contributed by atoms with Gasteiger partial charge in [0.2, 0.25) is 0 Å². The van der Waals surface area contributed by atoms with Crippen molar-refractivity contribution in [3.8, 4) is 0 Å². The van der Waals surface area contributed by atoms with Crippen LogP contribution in [0.5, 0.6) is 0 Å². The van der Waals surface area contributed by atoms with Crippen molar-refractivity contribution in [2.45, 2.75) is 38.5 Å². The highest BCUT2D eigenvalue weighted by molar-refractivity contribution is 7.84. The largest absolute Gasteiger partial charge is 0.383 e. The van der Waals surface area contributed by atoms with Gasteiger partial charge in [0, 0.05) is 17.8 Å². The van der Waals surface area contributed by atoms with Gasteiger partial charge in [0.25, 0.3) is 0 Å². The minimum atomic E-state index is -1.16. The van der Waals surface area contributed by atoms with Crippen LogP contribution in [0.1, 0.15) is 39.3 Å². The zero-order valence-corrected chi connectivity index (χ0v) is 12.0. The Balaban J connectivity index is 2.87. The average molecular weight is 276 g/mol. The van der Waals surface area contributed by atoms with Crippen LogP contribution in [0.2, 0.25) is 5.02 Å². The maximum atomic E-state index is 12.0. The van der Waals surface area contributed by atoms with Gasteiger partial charge in [-0.05, 0) is 33.8 Å². The van der Waals surface area contributed by atoms with Crippen LogP contribution in [0.4, 0.5) is 5.82 Å². The first kappa shape index (κ1) is 14.4. The molecule has 0 bridgehead atoms. The maximum absolute atomic E-state index is 12.0. The van der Waals surface area contributed by atoms with Crippen molar-refractivity contribution in [2.24, 2.45) is 0 Å². The molecule has 0 aliphatic carbocycles. The van der Waals surface area contributed by atoms with E-state index in [2.05, 4.69) is 9.71 Å². The van der Waals surface area contributed by atoms with E-state index in [1.54, 1.807) is 6.07 Å². The molecule has 0 amide bonds. The van der Waals surface area contributed by atoms with Crippen LogP contribution in [0.15, 0.2) is 12.3 Å². The molecule has 4 nitrogen and oxygen atoms in total. The lowest BCUT2D eigenvalue weighted by atomic mass is 10.1. The monoisotopic (exact) mass is 275 g/mol. The smallest absolute Gasteiger partial charge is 0.128 e. The molecule has 0 radical (unpaired) electrons. The normalized spacial score (nSPS) is 15.6. The summed E-state index contributed by atoms with van der Waals surface area (Å²) < 4.78 is 14.6. The highest BCUT2D eigenvalue weighted by Crippen LogP contribution is 2.23. The molecular formula is C11H18ClN3OS. The molecule has 1 aromatic heterocycles. The standard InChI is InChI=1S/C11H18ClN3OS/c1-7(15-17(16)11(2,3)4)9-5-8(12)6-14-10(9)13/h5-7,15H,1-4H3,(H2,13,14)/t7-,17-/m1/s1. The Morgan fingerprint density at radius 1 is 1.53 bits per heavy atom. The first-order chi connectivity index (χ1) is 7.71. The Morgan fingerprint density at radius 3 is 2.65 bits per heavy atom. The fourth-order valence-electron chi connectivity index (χ4n) is 1.21. The van der Waals surface area contributed by atoms with E-state index in [1.807, 2.05) is 27.7 Å². The van der Waals surface area contributed by atoms with E-state index in [0.717, 1.165) is 5.56 Å². The van der Waals surface area contributed by atoms with Crippen LogP contribution in [0, 0.1) is 0 Å². The molecule has 1 aromatic rings. The number of pyridine rings is 1. The second-order valence-electron chi connectivity index (χ2n) is 4.85. The summed E-state index contributed by atoms with van der Waals surface area (Å²) in [7, 11) is -1.16. The quantitative estimate of drug-likeness (QED) is 0.890. The fourth-order valence-corrected chi connectivity index (χ4v) is 2.18. The van der Waals surface area contributed by atoms with Gasteiger partial charge < -0.3 is 5.73 Å². The molecule has 0 aromatic carbocycles. The number of nitrogen functional groups attached to an aromatic ring is 1. The topological polar surface area (TPSA) is 68.0 Å². The van der Waals surface area contributed by atoms with Crippen LogP contribution in [-0.4, -0.2) is 13.9 Å². The molecule has 96 valence electrons. The summed E-state index contributed by atoms with van der Waals surface area (Å²) in [4.78, 5) is 3.98. The van der Waals surface area contributed by atoms with Gasteiger partial charge in [0.1, 0.15) is 5.82 Å². The molecule has 0 aliphatic rings. The highest BCUT2D eigenvalue weighted by Gasteiger charge is 2.22. The molecule has 0 saturated heterocycles. The second kappa shape index (κ2) is 5.33. The number of nitrogens with two attached hydrogens (primary N) is 1. The van der Waals surface area contributed by atoms with Crippen molar-refractivity contribution < 1.29 is 4.21 Å². The van der Waals surface area contributed by atoms with Crippen molar-refractivity contribution in [2.75, 3.05) is 5.73 Å². The van der Waals surface area contributed by atoms with E-state index in [0.29, 0.717) is 10.8 Å². The third kappa shape index (κ3) is 3.94. The number of rotatable bonds is 3. The summed E-state index contributed by atoms with van der Waals surface area (Å²) in [6, 6.07) is 1.57. The molecule has 1 heterocycles. The Morgan fingerprint density at radius 2 is 2.12 bits per heavy atom. The molecule has 0 aliphatic heterocycles. The summed E-state index contributed by atoms with van der Waals surface area (Å²) in [6.45, 7) is 7.60. The molecule has 1 rings (SSSR count). The van der Waals surface area contributed by atoms with E-state index in [1.165, 1.54) is 6.20 Å². The van der Waals surface area contributed by atoms with Gasteiger partial charge >= 0.3 is 0 Å². The number of halogens is 1. The number of anilines is 1. The summed E-state index contributed by atoms with van der Waals surface area (Å²) >= 11 is 5.87. The van der Waals surface area contributed by atoms with Crippen LogP contribution in [0.3, 0.4) is 0 Å². The van der Waals surface area contributed by atoms with E-state index < -0.39 is 11.0 Å². The van der Waals surface area contributed by atoms with Gasteiger partial charge in [-0.15, -0.1) is 0 Å². The van der Waals surface area contributed by atoms with Crippen molar-refractivity contribution in [1.82, 2.24) is 9.71 Å². The lowest BCUT2D eigenvalue weighted by molar-refractivity contribution is 0.616.